The Balaban J connectivity index is 0.00000363. The Morgan fingerprint density at radius 2 is 1.81 bits per heavy atom. The molecule has 0 aromatic heterocycles. The maximum atomic E-state index is 13.2. The predicted octanol–water partition coefficient (Wildman–Crippen LogP) is 3.28. The Hall–Kier alpha value is -2.27. The van der Waals surface area contributed by atoms with Gasteiger partial charge in [0.05, 0.1) is 19.1 Å². The lowest BCUT2D eigenvalue weighted by molar-refractivity contribution is -0.120. The number of hydrogen-bond donors (Lipinski definition) is 2. The number of nitrogens with one attached hydrogen (secondary N) is 2. The van der Waals surface area contributed by atoms with Gasteiger partial charge in [-0.3, -0.25) is 9.79 Å². The molecule has 2 unspecified atom stereocenters. The smallest absolute Gasteiger partial charge is 0.224 e. The highest BCUT2D eigenvalue weighted by Crippen LogP contribution is 2.25. The van der Waals surface area contributed by atoms with Gasteiger partial charge in [0.15, 0.2) is 5.96 Å². The molecule has 1 aliphatic heterocycles. The van der Waals surface area contributed by atoms with Crippen molar-refractivity contribution in [3.63, 3.8) is 0 Å². The zero-order valence-electron chi connectivity index (χ0n) is 18.2. The van der Waals surface area contributed by atoms with Crippen LogP contribution < -0.4 is 10.6 Å². The average molecular weight is 558 g/mol. The molecule has 1 fully saturated rings. The van der Waals surface area contributed by atoms with Gasteiger partial charge in [-0.25, -0.2) is 8.78 Å². The summed E-state index contributed by atoms with van der Waals surface area (Å²) in [5, 5.41) is 6.08. The molecule has 0 spiro atoms. The molecule has 0 radical (unpaired) electrons. The van der Waals surface area contributed by atoms with Crippen molar-refractivity contribution in [2.45, 2.75) is 25.6 Å². The zero-order valence-corrected chi connectivity index (χ0v) is 20.5. The first-order valence-electron chi connectivity index (χ1n) is 10.3. The van der Waals surface area contributed by atoms with Gasteiger partial charge >= 0.3 is 0 Å². The van der Waals surface area contributed by atoms with E-state index in [-0.39, 0.29) is 60.1 Å². The Kier molecular flexibility index (Phi) is 10.3. The van der Waals surface area contributed by atoms with Crippen LogP contribution in [0.4, 0.5) is 8.78 Å². The van der Waals surface area contributed by atoms with E-state index in [4.69, 9.17) is 4.74 Å². The minimum absolute atomic E-state index is 0. The number of halogens is 3. The maximum absolute atomic E-state index is 13.2. The highest BCUT2D eigenvalue weighted by Gasteiger charge is 2.28. The number of ether oxygens (including phenoxy) is 1. The van der Waals surface area contributed by atoms with Crippen molar-refractivity contribution >= 4 is 35.8 Å². The molecular weight excluding hydrogens is 529 g/mol. The fourth-order valence-electron chi connectivity index (χ4n) is 3.59. The van der Waals surface area contributed by atoms with Crippen LogP contribution in [0.5, 0.6) is 0 Å². The molecule has 0 saturated carbocycles. The summed E-state index contributed by atoms with van der Waals surface area (Å²) in [6, 6.07) is 12.4. The molecule has 174 valence electrons. The standard InChI is InChI=1S/C23H28F2N4O2.HI/c1-16-14-29(15-21(31-16)18-6-8-19(24)9-7-18)23(26-2)28-11-10-27-22(30)13-17-4-3-5-20(25)12-17;/h3-9,12,16,21H,10-11,13-15H2,1-2H3,(H,26,28)(H,27,30);1H. The summed E-state index contributed by atoms with van der Waals surface area (Å²) in [7, 11) is 1.71. The van der Waals surface area contributed by atoms with Crippen molar-refractivity contribution in [1.29, 1.82) is 0 Å². The van der Waals surface area contributed by atoms with Crippen molar-refractivity contribution < 1.29 is 18.3 Å². The average Bonchev–Trinajstić information content (AvgIpc) is 2.74. The van der Waals surface area contributed by atoms with E-state index in [1.165, 1.54) is 24.3 Å². The van der Waals surface area contributed by atoms with Gasteiger partial charge in [-0.05, 0) is 42.3 Å². The van der Waals surface area contributed by atoms with Gasteiger partial charge < -0.3 is 20.3 Å². The highest BCUT2D eigenvalue weighted by atomic mass is 127. The molecular formula is C23H29F2IN4O2. The van der Waals surface area contributed by atoms with Crippen LogP contribution in [-0.4, -0.2) is 56.1 Å². The molecule has 6 nitrogen and oxygen atoms in total. The lowest BCUT2D eigenvalue weighted by Gasteiger charge is -2.38. The van der Waals surface area contributed by atoms with Gasteiger partial charge in [-0.1, -0.05) is 24.3 Å². The van der Waals surface area contributed by atoms with Gasteiger partial charge in [0.1, 0.15) is 17.7 Å². The number of aliphatic imine (C=N–C) groups is 1. The molecule has 0 aliphatic carbocycles. The minimum Gasteiger partial charge on any atom is -0.367 e. The summed E-state index contributed by atoms with van der Waals surface area (Å²) in [5.74, 6) is -0.0868. The molecule has 32 heavy (non-hydrogen) atoms. The summed E-state index contributed by atoms with van der Waals surface area (Å²) in [6.07, 6.45) is -0.0745. The molecule has 3 rings (SSSR count). The molecule has 2 aromatic rings. The third kappa shape index (κ3) is 7.70. The largest absolute Gasteiger partial charge is 0.367 e. The Labute approximate surface area is 204 Å². The third-order valence-corrected chi connectivity index (χ3v) is 5.00. The van der Waals surface area contributed by atoms with Crippen LogP contribution in [0.2, 0.25) is 0 Å². The van der Waals surface area contributed by atoms with Crippen molar-refractivity contribution in [2.75, 3.05) is 33.2 Å². The van der Waals surface area contributed by atoms with Crippen molar-refractivity contribution in [3.8, 4) is 0 Å². The van der Waals surface area contributed by atoms with E-state index in [9.17, 15) is 13.6 Å². The fraction of sp³-hybridized carbons (Fsp3) is 0.391. The highest BCUT2D eigenvalue weighted by molar-refractivity contribution is 14.0. The van der Waals surface area contributed by atoms with Crippen LogP contribution in [0.25, 0.3) is 0 Å². The summed E-state index contributed by atoms with van der Waals surface area (Å²) in [5.41, 5.74) is 1.55. The third-order valence-electron chi connectivity index (χ3n) is 5.00. The number of guanidine groups is 1. The predicted molar refractivity (Wildman–Crippen MR) is 131 cm³/mol. The number of rotatable bonds is 6. The topological polar surface area (TPSA) is 66.0 Å². The van der Waals surface area contributed by atoms with Gasteiger partial charge in [0.25, 0.3) is 0 Å². The number of benzene rings is 2. The number of carbonyl (C=O) groups excluding carboxylic acids is 1. The second-order valence-electron chi connectivity index (χ2n) is 7.52. The monoisotopic (exact) mass is 558 g/mol. The van der Waals surface area contributed by atoms with Crippen molar-refractivity contribution in [3.05, 3.63) is 71.3 Å². The lowest BCUT2D eigenvalue weighted by atomic mass is 10.1. The summed E-state index contributed by atoms with van der Waals surface area (Å²) >= 11 is 0. The Morgan fingerprint density at radius 3 is 2.50 bits per heavy atom. The van der Waals surface area contributed by atoms with E-state index in [1.807, 2.05) is 6.92 Å². The van der Waals surface area contributed by atoms with Crippen LogP contribution in [-0.2, 0) is 16.0 Å². The lowest BCUT2D eigenvalue weighted by Crippen LogP contribution is -2.51. The van der Waals surface area contributed by atoms with Crippen LogP contribution >= 0.6 is 24.0 Å². The minimum atomic E-state index is -0.352. The second kappa shape index (κ2) is 12.7. The Bertz CT molecular complexity index is 911. The molecule has 1 heterocycles. The van der Waals surface area contributed by atoms with E-state index in [2.05, 4.69) is 20.5 Å². The second-order valence-corrected chi connectivity index (χ2v) is 7.52. The van der Waals surface area contributed by atoms with Gasteiger partial charge in [0, 0.05) is 26.7 Å². The maximum Gasteiger partial charge on any atom is 0.224 e. The van der Waals surface area contributed by atoms with Crippen LogP contribution in [0, 0.1) is 11.6 Å². The molecule has 1 aliphatic rings. The summed E-state index contributed by atoms with van der Waals surface area (Å²) in [4.78, 5) is 18.5. The van der Waals surface area contributed by atoms with E-state index >= 15 is 0 Å². The summed E-state index contributed by atoms with van der Waals surface area (Å²) < 4.78 is 32.5. The first-order chi connectivity index (χ1) is 14.9. The number of morpholine rings is 1. The Morgan fingerprint density at radius 1 is 1.09 bits per heavy atom. The van der Waals surface area contributed by atoms with Crippen LogP contribution in [0.3, 0.4) is 0 Å². The normalized spacial score (nSPS) is 18.6. The number of nitrogens with zero attached hydrogens (tertiary/aromatic N) is 2. The first-order valence-corrected chi connectivity index (χ1v) is 10.3. The van der Waals surface area contributed by atoms with E-state index < -0.39 is 0 Å². The molecule has 0 bridgehead atoms. The van der Waals surface area contributed by atoms with Crippen molar-refractivity contribution in [2.24, 2.45) is 4.99 Å². The van der Waals surface area contributed by atoms with E-state index in [1.54, 1.807) is 31.3 Å². The number of carbonyl (C=O) groups is 1. The quantitative estimate of drug-likeness (QED) is 0.247. The fourth-order valence-corrected chi connectivity index (χ4v) is 3.59. The van der Waals surface area contributed by atoms with Crippen molar-refractivity contribution in [1.82, 2.24) is 15.5 Å². The van der Waals surface area contributed by atoms with Gasteiger partial charge in [-0.15, -0.1) is 24.0 Å². The molecule has 2 atom stereocenters. The van der Waals surface area contributed by atoms with Gasteiger partial charge in [0.2, 0.25) is 5.91 Å². The SMILES string of the molecule is CN=C(NCCNC(=O)Cc1cccc(F)c1)N1CC(C)OC(c2ccc(F)cc2)C1.I. The number of hydrogen-bond acceptors (Lipinski definition) is 3. The van der Waals surface area contributed by atoms with E-state index in [0.717, 1.165) is 5.56 Å². The van der Waals surface area contributed by atoms with Gasteiger partial charge in [-0.2, -0.15) is 0 Å². The molecule has 2 N–H and O–H groups in total. The molecule has 2 aromatic carbocycles. The molecule has 9 heteroatoms. The molecule has 1 amide bonds. The van der Waals surface area contributed by atoms with Crippen LogP contribution in [0.15, 0.2) is 53.5 Å². The van der Waals surface area contributed by atoms with E-state index in [0.29, 0.717) is 37.7 Å². The number of amides is 1. The summed E-state index contributed by atoms with van der Waals surface area (Å²) in [6.45, 7) is 4.15. The molecule has 1 saturated heterocycles. The first kappa shape index (κ1) is 26.0. The zero-order chi connectivity index (χ0) is 22.2. The van der Waals surface area contributed by atoms with Crippen LogP contribution in [0.1, 0.15) is 24.2 Å².